The molecule has 1 aromatic rings. The molecule has 0 aliphatic carbocycles. The van der Waals surface area contributed by atoms with Gasteiger partial charge in [0.1, 0.15) is 5.82 Å². The van der Waals surface area contributed by atoms with Gasteiger partial charge in [0.15, 0.2) is 0 Å². The van der Waals surface area contributed by atoms with Crippen molar-refractivity contribution in [3.8, 4) is 6.07 Å². The molecule has 17 heavy (non-hydrogen) atoms. The summed E-state index contributed by atoms with van der Waals surface area (Å²) in [6.45, 7) is 6.99. The van der Waals surface area contributed by atoms with Gasteiger partial charge in [-0.15, -0.1) is 0 Å². The van der Waals surface area contributed by atoms with Crippen molar-refractivity contribution in [2.45, 2.75) is 26.8 Å². The number of nitriles is 1. The first-order valence-corrected chi connectivity index (χ1v) is 5.91. The molecule has 4 nitrogen and oxygen atoms in total. The monoisotopic (exact) mass is 232 g/mol. The summed E-state index contributed by atoms with van der Waals surface area (Å²) in [5.74, 6) is 1.14. The standard InChI is InChI=1S/C13H20N4/c1-11(2)9-17(7-3-6-14)10-12-4-5-13(15)16-8-12/h4-5,8,11H,3,7,9-10H2,1-2H3,(H2,15,16). The first-order valence-electron chi connectivity index (χ1n) is 5.91. The molecule has 0 radical (unpaired) electrons. The van der Waals surface area contributed by atoms with Crippen LogP contribution in [-0.2, 0) is 6.54 Å². The number of anilines is 1. The molecule has 0 saturated heterocycles. The van der Waals surface area contributed by atoms with Crippen LogP contribution >= 0.6 is 0 Å². The molecule has 0 unspecified atom stereocenters. The maximum atomic E-state index is 8.65. The summed E-state index contributed by atoms with van der Waals surface area (Å²) in [5, 5.41) is 8.65. The zero-order valence-electron chi connectivity index (χ0n) is 10.6. The lowest BCUT2D eigenvalue weighted by molar-refractivity contribution is 0.241. The second kappa shape index (κ2) is 6.87. The third kappa shape index (κ3) is 5.32. The molecule has 0 aromatic carbocycles. The summed E-state index contributed by atoms with van der Waals surface area (Å²) < 4.78 is 0. The van der Waals surface area contributed by atoms with Crippen molar-refractivity contribution in [3.05, 3.63) is 23.9 Å². The Hall–Kier alpha value is -1.60. The number of nitrogen functional groups attached to an aromatic ring is 1. The smallest absolute Gasteiger partial charge is 0.123 e. The molecule has 0 aliphatic heterocycles. The first-order chi connectivity index (χ1) is 8.11. The van der Waals surface area contributed by atoms with Gasteiger partial charge in [-0.3, -0.25) is 4.90 Å². The molecule has 1 aromatic heterocycles. The molecule has 92 valence electrons. The van der Waals surface area contributed by atoms with Gasteiger partial charge in [-0.25, -0.2) is 4.98 Å². The van der Waals surface area contributed by atoms with Crippen LogP contribution in [0.1, 0.15) is 25.8 Å². The number of pyridine rings is 1. The molecule has 0 fully saturated rings. The predicted molar refractivity (Wildman–Crippen MR) is 69.0 cm³/mol. The van der Waals surface area contributed by atoms with Gasteiger partial charge in [0.25, 0.3) is 0 Å². The molecule has 0 amide bonds. The predicted octanol–water partition coefficient (Wildman–Crippen LogP) is 2.04. The number of hydrogen-bond acceptors (Lipinski definition) is 4. The van der Waals surface area contributed by atoms with E-state index in [0.717, 1.165) is 25.2 Å². The van der Waals surface area contributed by atoms with E-state index in [-0.39, 0.29) is 0 Å². The van der Waals surface area contributed by atoms with E-state index in [4.69, 9.17) is 11.0 Å². The van der Waals surface area contributed by atoms with Crippen LogP contribution in [0.5, 0.6) is 0 Å². The zero-order chi connectivity index (χ0) is 12.7. The highest BCUT2D eigenvalue weighted by Crippen LogP contribution is 2.08. The molecular weight excluding hydrogens is 212 g/mol. The number of aromatic nitrogens is 1. The highest BCUT2D eigenvalue weighted by Gasteiger charge is 2.08. The largest absolute Gasteiger partial charge is 0.384 e. The summed E-state index contributed by atoms with van der Waals surface area (Å²) in [6.07, 6.45) is 2.37. The summed E-state index contributed by atoms with van der Waals surface area (Å²) >= 11 is 0. The van der Waals surface area contributed by atoms with E-state index in [1.54, 1.807) is 6.20 Å². The molecule has 0 bridgehead atoms. The summed E-state index contributed by atoms with van der Waals surface area (Å²) in [7, 11) is 0. The Kier molecular flexibility index (Phi) is 5.44. The molecule has 2 N–H and O–H groups in total. The van der Waals surface area contributed by atoms with E-state index < -0.39 is 0 Å². The number of nitrogens with zero attached hydrogens (tertiary/aromatic N) is 3. The topological polar surface area (TPSA) is 65.9 Å². The quantitative estimate of drug-likeness (QED) is 0.815. The average Bonchev–Trinajstić information content (AvgIpc) is 2.28. The second-order valence-electron chi connectivity index (χ2n) is 4.63. The van der Waals surface area contributed by atoms with Gasteiger partial charge < -0.3 is 5.73 Å². The Bertz CT molecular complexity index is 364. The molecular formula is C13H20N4. The third-order valence-corrected chi connectivity index (χ3v) is 2.42. The van der Waals surface area contributed by atoms with Crippen LogP contribution in [0.4, 0.5) is 5.82 Å². The molecule has 1 heterocycles. The van der Waals surface area contributed by atoms with Crippen LogP contribution in [0.25, 0.3) is 0 Å². The molecule has 1 rings (SSSR count). The van der Waals surface area contributed by atoms with Crippen molar-refractivity contribution in [1.29, 1.82) is 5.26 Å². The Labute approximate surface area is 103 Å². The fraction of sp³-hybridized carbons (Fsp3) is 0.538. The van der Waals surface area contributed by atoms with Crippen molar-refractivity contribution in [1.82, 2.24) is 9.88 Å². The normalized spacial score (nSPS) is 10.8. The van der Waals surface area contributed by atoms with Gasteiger partial charge in [0, 0.05) is 32.3 Å². The minimum absolute atomic E-state index is 0.543. The highest BCUT2D eigenvalue weighted by atomic mass is 15.1. The number of rotatable bonds is 6. The Morgan fingerprint density at radius 3 is 2.76 bits per heavy atom. The number of nitrogens with two attached hydrogens (primary N) is 1. The first kappa shape index (κ1) is 13.5. The van der Waals surface area contributed by atoms with Crippen LogP contribution in [0.2, 0.25) is 0 Å². The molecule has 0 atom stereocenters. The Balaban J connectivity index is 2.58. The second-order valence-corrected chi connectivity index (χ2v) is 4.63. The average molecular weight is 232 g/mol. The lowest BCUT2D eigenvalue weighted by Crippen LogP contribution is -2.28. The Morgan fingerprint density at radius 1 is 1.47 bits per heavy atom. The van der Waals surface area contributed by atoms with E-state index in [1.165, 1.54) is 0 Å². The number of hydrogen-bond donors (Lipinski definition) is 1. The molecule has 0 spiro atoms. The van der Waals surface area contributed by atoms with E-state index in [1.807, 2.05) is 12.1 Å². The van der Waals surface area contributed by atoms with Crippen molar-refractivity contribution >= 4 is 5.82 Å². The van der Waals surface area contributed by atoms with Crippen LogP contribution in [-0.4, -0.2) is 23.0 Å². The van der Waals surface area contributed by atoms with Crippen LogP contribution in [0.15, 0.2) is 18.3 Å². The van der Waals surface area contributed by atoms with Crippen LogP contribution in [0.3, 0.4) is 0 Å². The maximum Gasteiger partial charge on any atom is 0.123 e. The minimum Gasteiger partial charge on any atom is -0.384 e. The molecule has 4 heteroatoms. The fourth-order valence-electron chi connectivity index (χ4n) is 1.75. The highest BCUT2D eigenvalue weighted by molar-refractivity contribution is 5.29. The van der Waals surface area contributed by atoms with E-state index >= 15 is 0 Å². The summed E-state index contributed by atoms with van der Waals surface area (Å²) in [6, 6.07) is 5.99. The molecule has 0 aliphatic rings. The van der Waals surface area contributed by atoms with Crippen molar-refractivity contribution in [2.75, 3.05) is 18.8 Å². The van der Waals surface area contributed by atoms with Crippen molar-refractivity contribution < 1.29 is 0 Å². The van der Waals surface area contributed by atoms with Gasteiger partial charge in [-0.2, -0.15) is 5.26 Å². The van der Waals surface area contributed by atoms with Gasteiger partial charge in [-0.05, 0) is 17.5 Å². The fourth-order valence-corrected chi connectivity index (χ4v) is 1.75. The SMILES string of the molecule is CC(C)CN(CCC#N)Cc1ccc(N)nc1. The van der Waals surface area contributed by atoms with E-state index in [2.05, 4.69) is 29.8 Å². The lowest BCUT2D eigenvalue weighted by atomic mass is 10.2. The van der Waals surface area contributed by atoms with Crippen LogP contribution in [0, 0.1) is 17.2 Å². The maximum absolute atomic E-state index is 8.65. The van der Waals surface area contributed by atoms with E-state index in [9.17, 15) is 0 Å². The Morgan fingerprint density at radius 2 is 2.24 bits per heavy atom. The van der Waals surface area contributed by atoms with Crippen molar-refractivity contribution in [3.63, 3.8) is 0 Å². The minimum atomic E-state index is 0.543. The molecule has 0 saturated carbocycles. The van der Waals surface area contributed by atoms with E-state index in [0.29, 0.717) is 18.2 Å². The van der Waals surface area contributed by atoms with Crippen molar-refractivity contribution in [2.24, 2.45) is 5.92 Å². The lowest BCUT2D eigenvalue weighted by Gasteiger charge is -2.23. The third-order valence-electron chi connectivity index (χ3n) is 2.42. The summed E-state index contributed by atoms with van der Waals surface area (Å²) in [4.78, 5) is 6.36. The zero-order valence-corrected chi connectivity index (χ0v) is 10.6. The van der Waals surface area contributed by atoms with Crippen LogP contribution < -0.4 is 5.73 Å². The van der Waals surface area contributed by atoms with Gasteiger partial charge in [0.05, 0.1) is 6.07 Å². The summed E-state index contributed by atoms with van der Waals surface area (Å²) in [5.41, 5.74) is 6.69. The van der Waals surface area contributed by atoms with Gasteiger partial charge >= 0.3 is 0 Å². The van der Waals surface area contributed by atoms with Gasteiger partial charge in [0.2, 0.25) is 0 Å². The van der Waals surface area contributed by atoms with Gasteiger partial charge in [-0.1, -0.05) is 19.9 Å².